The van der Waals surface area contributed by atoms with E-state index in [-0.39, 0.29) is 6.61 Å². The summed E-state index contributed by atoms with van der Waals surface area (Å²) in [6.45, 7) is 6.44. The summed E-state index contributed by atoms with van der Waals surface area (Å²) in [5, 5.41) is 2.16. The van der Waals surface area contributed by atoms with Crippen molar-refractivity contribution in [2.24, 2.45) is 0 Å². The molecule has 0 aliphatic carbocycles. The van der Waals surface area contributed by atoms with Crippen molar-refractivity contribution in [1.82, 2.24) is 0 Å². The van der Waals surface area contributed by atoms with Crippen LogP contribution in [-0.4, -0.2) is 25.8 Å². The smallest absolute Gasteiger partial charge is 0.330 e. The van der Waals surface area contributed by atoms with E-state index in [0.717, 1.165) is 28.3 Å². The molecule has 0 aliphatic rings. The number of carbonyl (C=O) groups excluding carboxylic acids is 1. The number of ether oxygens (including phenoxy) is 3. The molecule has 0 saturated heterocycles. The number of carbonyl (C=O) groups is 1. The van der Waals surface area contributed by atoms with Gasteiger partial charge in [0.2, 0.25) is 0 Å². The highest BCUT2D eigenvalue weighted by Crippen LogP contribution is 2.25. The maximum absolute atomic E-state index is 10.9. The molecule has 0 amide bonds. The standard InChI is InChI=1S/C17H18O4/c1-3-17(18)21-10-9-20-16-8-6-13-11-15(19-4-2)7-5-14(13)12-16/h3,5-8,11-12H,1,4,9-10H2,2H3. The van der Waals surface area contributed by atoms with E-state index < -0.39 is 5.97 Å². The Balaban J connectivity index is 1.97. The molecule has 2 aromatic rings. The predicted octanol–water partition coefficient (Wildman–Crippen LogP) is 3.35. The Morgan fingerprint density at radius 2 is 1.67 bits per heavy atom. The van der Waals surface area contributed by atoms with Crippen molar-refractivity contribution in [3.63, 3.8) is 0 Å². The van der Waals surface area contributed by atoms with Crippen molar-refractivity contribution in [3.05, 3.63) is 49.1 Å². The van der Waals surface area contributed by atoms with Gasteiger partial charge in [-0.05, 0) is 42.0 Å². The monoisotopic (exact) mass is 286 g/mol. The van der Waals surface area contributed by atoms with Gasteiger partial charge in [-0.25, -0.2) is 4.79 Å². The van der Waals surface area contributed by atoms with Crippen molar-refractivity contribution < 1.29 is 19.0 Å². The van der Waals surface area contributed by atoms with Gasteiger partial charge in [-0.1, -0.05) is 18.7 Å². The Morgan fingerprint density at radius 1 is 1.05 bits per heavy atom. The second kappa shape index (κ2) is 7.33. The highest BCUT2D eigenvalue weighted by Gasteiger charge is 2.01. The molecule has 0 saturated carbocycles. The van der Waals surface area contributed by atoms with Crippen LogP contribution in [0.25, 0.3) is 10.8 Å². The van der Waals surface area contributed by atoms with Crippen molar-refractivity contribution in [1.29, 1.82) is 0 Å². The summed E-state index contributed by atoms with van der Waals surface area (Å²) in [6.07, 6.45) is 1.13. The molecule has 0 heterocycles. The van der Waals surface area contributed by atoms with E-state index in [1.165, 1.54) is 0 Å². The Kier molecular flexibility index (Phi) is 5.21. The van der Waals surface area contributed by atoms with Crippen LogP contribution in [0, 0.1) is 0 Å². The summed E-state index contributed by atoms with van der Waals surface area (Å²) in [5.74, 6) is 1.15. The fraction of sp³-hybridized carbons (Fsp3) is 0.235. The van der Waals surface area contributed by atoms with Gasteiger partial charge in [0.05, 0.1) is 6.61 Å². The molecule has 0 bridgehead atoms. The summed E-state index contributed by atoms with van der Waals surface area (Å²) in [4.78, 5) is 10.9. The van der Waals surface area contributed by atoms with Crippen LogP contribution in [0.2, 0.25) is 0 Å². The van der Waals surface area contributed by atoms with Crippen LogP contribution in [0.4, 0.5) is 0 Å². The highest BCUT2D eigenvalue weighted by atomic mass is 16.6. The first-order valence-corrected chi connectivity index (χ1v) is 6.81. The summed E-state index contributed by atoms with van der Waals surface area (Å²) >= 11 is 0. The number of rotatable bonds is 7. The maximum Gasteiger partial charge on any atom is 0.330 e. The average molecular weight is 286 g/mol. The number of fused-ring (bicyclic) bond motifs is 1. The highest BCUT2D eigenvalue weighted by molar-refractivity contribution is 5.85. The Labute approximate surface area is 123 Å². The molecular weight excluding hydrogens is 268 g/mol. The second-order valence-electron chi connectivity index (χ2n) is 4.32. The van der Waals surface area contributed by atoms with Crippen LogP contribution in [0.15, 0.2) is 49.1 Å². The lowest BCUT2D eigenvalue weighted by molar-refractivity contribution is -0.138. The van der Waals surface area contributed by atoms with Crippen LogP contribution in [0.5, 0.6) is 11.5 Å². The van der Waals surface area contributed by atoms with E-state index in [1.807, 2.05) is 43.3 Å². The number of hydrogen-bond acceptors (Lipinski definition) is 4. The quantitative estimate of drug-likeness (QED) is 0.445. The summed E-state index contributed by atoms with van der Waals surface area (Å²) in [6, 6.07) is 11.7. The Bertz CT molecular complexity index is 634. The van der Waals surface area contributed by atoms with Gasteiger partial charge in [-0.2, -0.15) is 0 Å². The van der Waals surface area contributed by atoms with Crippen LogP contribution in [0.1, 0.15) is 6.92 Å². The zero-order valence-electron chi connectivity index (χ0n) is 12.0. The largest absolute Gasteiger partial charge is 0.494 e. The lowest BCUT2D eigenvalue weighted by Gasteiger charge is -2.08. The van der Waals surface area contributed by atoms with Crippen LogP contribution in [0.3, 0.4) is 0 Å². The van der Waals surface area contributed by atoms with Gasteiger partial charge >= 0.3 is 5.97 Å². The molecule has 0 N–H and O–H groups in total. The topological polar surface area (TPSA) is 44.8 Å². The Morgan fingerprint density at radius 3 is 2.24 bits per heavy atom. The molecule has 0 radical (unpaired) electrons. The van der Waals surface area contributed by atoms with E-state index in [1.54, 1.807) is 0 Å². The lowest BCUT2D eigenvalue weighted by Crippen LogP contribution is -2.10. The van der Waals surface area contributed by atoms with E-state index in [0.29, 0.717) is 13.2 Å². The lowest BCUT2D eigenvalue weighted by atomic mass is 10.1. The number of esters is 1. The van der Waals surface area contributed by atoms with Gasteiger partial charge in [0.1, 0.15) is 24.7 Å². The molecule has 0 atom stereocenters. The Hall–Kier alpha value is -2.49. The first-order valence-electron chi connectivity index (χ1n) is 6.81. The zero-order chi connectivity index (χ0) is 15.1. The van der Waals surface area contributed by atoms with Gasteiger partial charge < -0.3 is 14.2 Å². The van der Waals surface area contributed by atoms with E-state index >= 15 is 0 Å². The van der Waals surface area contributed by atoms with E-state index in [4.69, 9.17) is 14.2 Å². The molecule has 21 heavy (non-hydrogen) atoms. The minimum atomic E-state index is -0.444. The van der Waals surface area contributed by atoms with E-state index in [9.17, 15) is 4.79 Å². The van der Waals surface area contributed by atoms with E-state index in [2.05, 4.69) is 6.58 Å². The summed E-state index contributed by atoms with van der Waals surface area (Å²) in [5.41, 5.74) is 0. The zero-order valence-corrected chi connectivity index (χ0v) is 12.0. The first-order chi connectivity index (χ1) is 10.2. The van der Waals surface area contributed by atoms with Gasteiger partial charge in [-0.3, -0.25) is 0 Å². The molecular formula is C17H18O4. The van der Waals surface area contributed by atoms with Crippen molar-refractivity contribution in [2.75, 3.05) is 19.8 Å². The predicted molar refractivity (Wildman–Crippen MR) is 81.8 cm³/mol. The molecule has 110 valence electrons. The fourth-order valence-electron chi connectivity index (χ4n) is 1.91. The van der Waals surface area contributed by atoms with Crippen LogP contribution >= 0.6 is 0 Å². The third-order valence-corrected chi connectivity index (χ3v) is 2.86. The first kappa shape index (κ1) is 14.9. The molecule has 2 aromatic carbocycles. The molecule has 0 unspecified atom stereocenters. The van der Waals surface area contributed by atoms with Gasteiger partial charge in [0.15, 0.2) is 0 Å². The third-order valence-electron chi connectivity index (χ3n) is 2.86. The molecule has 4 heteroatoms. The molecule has 4 nitrogen and oxygen atoms in total. The van der Waals surface area contributed by atoms with Gasteiger partial charge in [0, 0.05) is 6.08 Å². The fourth-order valence-corrected chi connectivity index (χ4v) is 1.91. The molecule has 0 fully saturated rings. The van der Waals surface area contributed by atoms with Gasteiger partial charge in [-0.15, -0.1) is 0 Å². The third kappa shape index (κ3) is 4.24. The van der Waals surface area contributed by atoms with Crippen LogP contribution in [-0.2, 0) is 9.53 Å². The van der Waals surface area contributed by atoms with Crippen LogP contribution < -0.4 is 9.47 Å². The normalized spacial score (nSPS) is 10.1. The minimum Gasteiger partial charge on any atom is -0.494 e. The van der Waals surface area contributed by atoms with Crippen molar-refractivity contribution in [2.45, 2.75) is 6.92 Å². The molecule has 0 aromatic heterocycles. The van der Waals surface area contributed by atoms with Crippen molar-refractivity contribution in [3.8, 4) is 11.5 Å². The average Bonchev–Trinajstić information content (AvgIpc) is 2.51. The SMILES string of the molecule is C=CC(=O)OCCOc1ccc2cc(OCC)ccc2c1. The summed E-state index contributed by atoms with van der Waals surface area (Å²) in [7, 11) is 0. The van der Waals surface area contributed by atoms with Crippen molar-refractivity contribution >= 4 is 16.7 Å². The molecule has 0 spiro atoms. The summed E-state index contributed by atoms with van der Waals surface area (Å²) < 4.78 is 15.9. The minimum absolute atomic E-state index is 0.201. The number of benzene rings is 2. The molecule has 2 rings (SSSR count). The second-order valence-corrected chi connectivity index (χ2v) is 4.32. The maximum atomic E-state index is 10.9. The van der Waals surface area contributed by atoms with Gasteiger partial charge in [0.25, 0.3) is 0 Å². The molecule has 0 aliphatic heterocycles. The number of hydrogen-bond donors (Lipinski definition) is 0.